The van der Waals surface area contributed by atoms with E-state index in [0.29, 0.717) is 12.1 Å². The molecule has 1 aromatic heterocycles. The number of alkyl halides is 3. The number of pyridine rings is 1. The molecule has 3 nitrogen and oxygen atoms in total. The molecule has 0 radical (unpaired) electrons. The number of anilines is 1. The molecule has 2 rings (SSSR count). The summed E-state index contributed by atoms with van der Waals surface area (Å²) in [5, 5.41) is 0. The molecule has 1 aromatic carbocycles. The van der Waals surface area contributed by atoms with Crippen LogP contribution in [-0.2, 0) is 6.18 Å². The Kier molecular flexibility index (Phi) is 3.28. The topological polar surface area (TPSA) is 48.1 Å². The highest BCUT2D eigenvalue weighted by atomic mass is 19.4. The van der Waals surface area contributed by atoms with Gasteiger partial charge in [-0.2, -0.15) is 13.2 Å². The Bertz CT molecular complexity index is 581. The number of rotatable bonds is 2. The minimum atomic E-state index is -4.63. The van der Waals surface area contributed by atoms with Crippen molar-refractivity contribution >= 4 is 5.82 Å². The Morgan fingerprint density at radius 2 is 1.84 bits per heavy atom. The first-order chi connectivity index (χ1) is 8.86. The van der Waals surface area contributed by atoms with Crippen LogP contribution in [0.5, 0.6) is 11.5 Å². The van der Waals surface area contributed by atoms with Gasteiger partial charge < -0.3 is 10.5 Å². The average Bonchev–Trinajstić information content (AvgIpc) is 2.30. The minimum absolute atomic E-state index is 0.0327. The third-order valence-corrected chi connectivity index (χ3v) is 2.24. The van der Waals surface area contributed by atoms with Gasteiger partial charge in [0.15, 0.2) is 0 Å². The first kappa shape index (κ1) is 13.1. The van der Waals surface area contributed by atoms with Gasteiger partial charge in [-0.05, 0) is 24.3 Å². The summed E-state index contributed by atoms with van der Waals surface area (Å²) in [5.74, 6) is -1.22. The van der Waals surface area contributed by atoms with E-state index in [1.54, 1.807) is 0 Å². The second-order valence-electron chi connectivity index (χ2n) is 3.66. The predicted molar refractivity (Wildman–Crippen MR) is 60.1 cm³/mol. The molecule has 0 saturated carbocycles. The maximum Gasteiger partial charge on any atom is 0.419 e. The number of ether oxygens (including phenoxy) is 1. The highest BCUT2D eigenvalue weighted by Gasteiger charge is 2.34. The molecule has 0 aliphatic rings. The summed E-state index contributed by atoms with van der Waals surface area (Å²) in [6.45, 7) is 0. The van der Waals surface area contributed by atoms with Gasteiger partial charge in [0.2, 0.25) is 0 Å². The van der Waals surface area contributed by atoms with Crippen LogP contribution in [0.2, 0.25) is 0 Å². The van der Waals surface area contributed by atoms with Crippen molar-refractivity contribution in [3.8, 4) is 11.5 Å². The SMILES string of the molecule is Nc1ccc(Oc2cc(F)ccc2C(F)(F)F)cn1. The minimum Gasteiger partial charge on any atom is -0.455 e. The second kappa shape index (κ2) is 4.75. The summed E-state index contributed by atoms with van der Waals surface area (Å²) < 4.78 is 56.1. The first-order valence-electron chi connectivity index (χ1n) is 5.12. The van der Waals surface area contributed by atoms with E-state index in [9.17, 15) is 17.6 Å². The van der Waals surface area contributed by atoms with E-state index < -0.39 is 23.3 Å². The maximum atomic E-state index is 13.0. The van der Waals surface area contributed by atoms with Crippen molar-refractivity contribution < 1.29 is 22.3 Å². The summed E-state index contributed by atoms with van der Waals surface area (Å²) in [5.41, 5.74) is 4.27. The molecular formula is C12H8F4N2O. The molecule has 0 spiro atoms. The van der Waals surface area contributed by atoms with Gasteiger partial charge in [0.1, 0.15) is 23.1 Å². The summed E-state index contributed by atoms with van der Waals surface area (Å²) in [7, 11) is 0. The van der Waals surface area contributed by atoms with Crippen LogP contribution in [0.15, 0.2) is 36.5 Å². The van der Waals surface area contributed by atoms with E-state index >= 15 is 0 Å². The Balaban J connectivity index is 2.38. The molecule has 0 saturated heterocycles. The third-order valence-electron chi connectivity index (χ3n) is 2.24. The number of nitrogen functional groups attached to an aromatic ring is 1. The van der Waals surface area contributed by atoms with Gasteiger partial charge in [0.05, 0.1) is 11.8 Å². The van der Waals surface area contributed by atoms with Gasteiger partial charge in [-0.3, -0.25) is 0 Å². The van der Waals surface area contributed by atoms with Crippen LogP contribution in [0, 0.1) is 5.82 Å². The largest absolute Gasteiger partial charge is 0.455 e. The maximum absolute atomic E-state index is 13.0. The molecule has 0 bridgehead atoms. The van der Waals surface area contributed by atoms with Crippen LogP contribution in [-0.4, -0.2) is 4.98 Å². The Morgan fingerprint density at radius 3 is 2.42 bits per heavy atom. The van der Waals surface area contributed by atoms with Gasteiger partial charge in [-0.15, -0.1) is 0 Å². The number of nitrogens with zero attached hydrogens (tertiary/aromatic N) is 1. The number of hydrogen-bond acceptors (Lipinski definition) is 3. The van der Waals surface area contributed by atoms with E-state index in [1.807, 2.05) is 0 Å². The number of benzene rings is 1. The average molecular weight is 272 g/mol. The zero-order valence-corrected chi connectivity index (χ0v) is 9.41. The van der Waals surface area contributed by atoms with Crippen molar-refractivity contribution in [1.82, 2.24) is 4.98 Å². The van der Waals surface area contributed by atoms with E-state index in [-0.39, 0.29) is 11.6 Å². The summed E-state index contributed by atoms with van der Waals surface area (Å²) in [6.07, 6.45) is -3.48. The summed E-state index contributed by atoms with van der Waals surface area (Å²) in [4.78, 5) is 3.67. The highest BCUT2D eigenvalue weighted by Crippen LogP contribution is 2.38. The van der Waals surface area contributed by atoms with Crippen molar-refractivity contribution in [1.29, 1.82) is 0 Å². The molecule has 1 heterocycles. The lowest BCUT2D eigenvalue weighted by Crippen LogP contribution is -2.07. The highest BCUT2D eigenvalue weighted by molar-refractivity contribution is 5.41. The zero-order chi connectivity index (χ0) is 14.0. The van der Waals surface area contributed by atoms with Crippen molar-refractivity contribution in [2.45, 2.75) is 6.18 Å². The van der Waals surface area contributed by atoms with Crippen molar-refractivity contribution in [3.05, 3.63) is 47.9 Å². The lowest BCUT2D eigenvalue weighted by Gasteiger charge is -2.13. The second-order valence-corrected chi connectivity index (χ2v) is 3.66. The van der Waals surface area contributed by atoms with Gasteiger partial charge in [0.25, 0.3) is 0 Å². The fourth-order valence-corrected chi connectivity index (χ4v) is 1.39. The van der Waals surface area contributed by atoms with Gasteiger partial charge in [-0.25, -0.2) is 9.37 Å². The van der Waals surface area contributed by atoms with Crippen LogP contribution in [0.1, 0.15) is 5.56 Å². The van der Waals surface area contributed by atoms with Crippen LogP contribution in [0.4, 0.5) is 23.4 Å². The molecule has 19 heavy (non-hydrogen) atoms. The monoisotopic (exact) mass is 272 g/mol. The molecule has 0 unspecified atom stereocenters. The normalized spacial score (nSPS) is 11.4. The van der Waals surface area contributed by atoms with Gasteiger partial charge in [-0.1, -0.05) is 0 Å². The van der Waals surface area contributed by atoms with Crippen LogP contribution >= 0.6 is 0 Å². The van der Waals surface area contributed by atoms with E-state index in [1.165, 1.54) is 12.1 Å². The first-order valence-corrected chi connectivity index (χ1v) is 5.12. The number of halogens is 4. The van der Waals surface area contributed by atoms with E-state index in [0.717, 1.165) is 12.3 Å². The number of nitrogens with two attached hydrogens (primary N) is 1. The fraction of sp³-hybridized carbons (Fsp3) is 0.0833. The molecule has 0 atom stereocenters. The van der Waals surface area contributed by atoms with Crippen molar-refractivity contribution in [3.63, 3.8) is 0 Å². The molecule has 0 aliphatic heterocycles. The lowest BCUT2D eigenvalue weighted by atomic mass is 10.2. The van der Waals surface area contributed by atoms with E-state index in [2.05, 4.69) is 4.98 Å². The van der Waals surface area contributed by atoms with Crippen LogP contribution in [0.3, 0.4) is 0 Å². The Morgan fingerprint density at radius 1 is 1.11 bits per heavy atom. The van der Waals surface area contributed by atoms with Crippen LogP contribution < -0.4 is 10.5 Å². The molecular weight excluding hydrogens is 264 g/mol. The number of aromatic nitrogens is 1. The summed E-state index contributed by atoms with van der Waals surface area (Å²) in [6, 6.07) is 4.71. The smallest absolute Gasteiger partial charge is 0.419 e. The van der Waals surface area contributed by atoms with Gasteiger partial charge in [0, 0.05) is 6.07 Å². The zero-order valence-electron chi connectivity index (χ0n) is 9.41. The van der Waals surface area contributed by atoms with E-state index in [4.69, 9.17) is 10.5 Å². The third kappa shape index (κ3) is 3.12. The Hall–Kier alpha value is -2.31. The molecule has 0 aliphatic carbocycles. The molecule has 2 aromatic rings. The standard InChI is InChI=1S/C12H8F4N2O/c13-7-1-3-9(12(14,15)16)10(5-7)19-8-2-4-11(17)18-6-8/h1-6H,(H2,17,18). The molecule has 100 valence electrons. The molecule has 2 N–H and O–H groups in total. The fourth-order valence-electron chi connectivity index (χ4n) is 1.39. The Labute approximate surface area is 105 Å². The lowest BCUT2D eigenvalue weighted by molar-refractivity contribution is -0.138. The quantitative estimate of drug-likeness (QED) is 0.849. The summed E-state index contributed by atoms with van der Waals surface area (Å²) >= 11 is 0. The molecule has 0 amide bonds. The van der Waals surface area contributed by atoms with Gasteiger partial charge >= 0.3 is 6.18 Å². The van der Waals surface area contributed by atoms with Crippen molar-refractivity contribution in [2.24, 2.45) is 0 Å². The molecule has 7 heteroatoms. The van der Waals surface area contributed by atoms with Crippen LogP contribution in [0.25, 0.3) is 0 Å². The van der Waals surface area contributed by atoms with Crippen molar-refractivity contribution in [2.75, 3.05) is 5.73 Å². The predicted octanol–water partition coefficient (Wildman–Crippen LogP) is 3.61. The molecule has 0 fully saturated rings. The number of hydrogen-bond donors (Lipinski definition) is 1.